The van der Waals surface area contributed by atoms with Crippen molar-refractivity contribution in [3.8, 4) is 0 Å². The van der Waals surface area contributed by atoms with E-state index in [4.69, 9.17) is 0 Å². The Hall–Kier alpha value is -1.26. The lowest BCUT2D eigenvalue weighted by molar-refractivity contribution is -0.258. The molecule has 3 heterocycles. The van der Waals surface area contributed by atoms with Gasteiger partial charge in [-0.3, -0.25) is 0 Å². The Kier molecular flexibility index (Phi) is 6.88. The van der Waals surface area contributed by atoms with Crippen LogP contribution in [0.15, 0.2) is 46.0 Å². The number of rotatable bonds is 6. The van der Waals surface area contributed by atoms with Gasteiger partial charge in [-0.1, -0.05) is 18.2 Å². The molecule has 1 aromatic heterocycles. The van der Waals surface area contributed by atoms with Crippen LogP contribution in [0.3, 0.4) is 0 Å². The number of aliphatic hydroxyl groups is 1. The second-order valence-corrected chi connectivity index (χ2v) is 10.7. The summed E-state index contributed by atoms with van der Waals surface area (Å²) in [6.45, 7) is 6.54. The van der Waals surface area contributed by atoms with Gasteiger partial charge in [-0.2, -0.15) is 13.2 Å². The Labute approximate surface area is 189 Å². The van der Waals surface area contributed by atoms with E-state index in [9.17, 15) is 18.3 Å². The molecular weight excluding hydrogens is 443 g/mol. The van der Waals surface area contributed by atoms with Gasteiger partial charge >= 0.3 is 6.18 Å². The summed E-state index contributed by atoms with van der Waals surface area (Å²) in [5.74, 6) is 0. The molecule has 2 aromatic rings. The Morgan fingerprint density at radius 3 is 2.39 bits per heavy atom. The van der Waals surface area contributed by atoms with Gasteiger partial charge in [0.05, 0.1) is 10.3 Å². The minimum Gasteiger partial charge on any atom is -0.376 e. The highest BCUT2D eigenvalue weighted by Crippen LogP contribution is 2.39. The van der Waals surface area contributed by atoms with E-state index in [0.717, 1.165) is 51.9 Å². The minimum absolute atomic E-state index is 0.133. The molecule has 31 heavy (non-hydrogen) atoms. The number of alkyl halides is 3. The van der Waals surface area contributed by atoms with Crippen molar-refractivity contribution in [3.63, 3.8) is 0 Å². The molecule has 9 heteroatoms. The highest BCUT2D eigenvalue weighted by Gasteiger charge is 2.51. The average Bonchev–Trinajstić information content (AvgIpc) is 3.42. The quantitative estimate of drug-likeness (QED) is 0.611. The van der Waals surface area contributed by atoms with Crippen LogP contribution in [0, 0.1) is 0 Å². The molecule has 0 radical (unpaired) electrons. The average molecular weight is 472 g/mol. The number of thiophene rings is 1. The van der Waals surface area contributed by atoms with Crippen molar-refractivity contribution >= 4 is 29.0 Å². The van der Waals surface area contributed by atoms with E-state index in [1.807, 2.05) is 0 Å². The summed E-state index contributed by atoms with van der Waals surface area (Å²) in [6.07, 6.45) is -2.26. The van der Waals surface area contributed by atoms with Gasteiger partial charge in [-0.05, 0) is 73.9 Å². The van der Waals surface area contributed by atoms with E-state index in [0.29, 0.717) is 0 Å². The summed E-state index contributed by atoms with van der Waals surface area (Å²) in [5, 5.41) is 12.0. The number of likely N-dealkylation sites (tertiary alicyclic amines) is 1. The lowest BCUT2D eigenvalue weighted by Gasteiger charge is -2.43. The SMILES string of the molecule is CC(O)(c1ccc(N2CCN(Sc3cccs3)CC2CN2CCCC2)cc1)C(F)(F)F. The van der Waals surface area contributed by atoms with Crippen LogP contribution >= 0.6 is 23.3 Å². The number of anilines is 1. The second kappa shape index (κ2) is 9.31. The van der Waals surface area contributed by atoms with Gasteiger partial charge in [-0.15, -0.1) is 11.3 Å². The lowest BCUT2D eigenvalue weighted by atomic mass is 9.95. The molecule has 4 rings (SSSR count). The molecule has 2 atom stereocenters. The first-order valence-corrected chi connectivity index (χ1v) is 12.2. The Balaban J connectivity index is 1.51. The van der Waals surface area contributed by atoms with E-state index in [1.165, 1.54) is 29.2 Å². The van der Waals surface area contributed by atoms with E-state index in [1.54, 1.807) is 35.4 Å². The maximum Gasteiger partial charge on any atom is 0.421 e. The first-order valence-electron chi connectivity index (χ1n) is 10.6. The topological polar surface area (TPSA) is 30.0 Å². The maximum absolute atomic E-state index is 13.2. The van der Waals surface area contributed by atoms with E-state index in [-0.39, 0.29) is 11.6 Å². The molecule has 0 saturated carbocycles. The molecule has 0 amide bonds. The normalized spacial score (nSPS) is 23.3. The van der Waals surface area contributed by atoms with Gasteiger partial charge < -0.3 is 14.9 Å². The van der Waals surface area contributed by atoms with Crippen LogP contribution in [0.5, 0.6) is 0 Å². The summed E-state index contributed by atoms with van der Waals surface area (Å²) in [5.41, 5.74) is -2.07. The smallest absolute Gasteiger partial charge is 0.376 e. The van der Waals surface area contributed by atoms with Crippen molar-refractivity contribution in [1.82, 2.24) is 9.21 Å². The van der Waals surface area contributed by atoms with Crippen molar-refractivity contribution in [2.24, 2.45) is 0 Å². The third kappa shape index (κ3) is 5.22. The molecule has 2 unspecified atom stereocenters. The molecule has 2 aliphatic rings. The number of hydrogen-bond acceptors (Lipinski definition) is 6. The number of hydrogen-bond donors (Lipinski definition) is 1. The van der Waals surface area contributed by atoms with Crippen LogP contribution in [0.2, 0.25) is 0 Å². The van der Waals surface area contributed by atoms with Gasteiger partial charge in [0.25, 0.3) is 0 Å². The molecule has 0 aliphatic carbocycles. The fourth-order valence-corrected chi connectivity index (χ4v) is 6.17. The van der Waals surface area contributed by atoms with Crippen LogP contribution < -0.4 is 4.90 Å². The molecule has 4 nitrogen and oxygen atoms in total. The maximum atomic E-state index is 13.2. The first kappa shape index (κ1) is 22.9. The highest BCUT2D eigenvalue weighted by atomic mass is 32.2. The number of halogens is 3. The summed E-state index contributed by atoms with van der Waals surface area (Å²) in [7, 11) is 0. The summed E-state index contributed by atoms with van der Waals surface area (Å²) >= 11 is 3.52. The van der Waals surface area contributed by atoms with Crippen LogP contribution in [-0.2, 0) is 5.60 Å². The molecular formula is C22H28F3N3OS2. The van der Waals surface area contributed by atoms with E-state index >= 15 is 0 Å². The molecule has 1 aromatic carbocycles. The molecule has 0 bridgehead atoms. The van der Waals surface area contributed by atoms with Gasteiger partial charge in [0.1, 0.15) is 0 Å². The zero-order valence-corrected chi connectivity index (χ0v) is 19.1. The highest BCUT2D eigenvalue weighted by molar-refractivity contribution is 7.98. The molecule has 2 fully saturated rings. The van der Waals surface area contributed by atoms with Crippen LogP contribution in [0.25, 0.3) is 0 Å². The standard InChI is InChI=1S/C22H28F3N3OS2/c1-21(29,22(23,24)25)17-6-8-18(9-7-17)28-13-12-27(31-20-5-4-14-30-20)16-19(28)15-26-10-2-3-11-26/h4-9,14,19,29H,2-3,10-13,15-16H2,1H3. The predicted octanol–water partition coefficient (Wildman–Crippen LogP) is 4.81. The van der Waals surface area contributed by atoms with Crippen molar-refractivity contribution in [2.45, 2.75) is 41.8 Å². The summed E-state index contributed by atoms with van der Waals surface area (Å²) < 4.78 is 43.2. The van der Waals surface area contributed by atoms with Crippen LogP contribution in [0.4, 0.5) is 18.9 Å². The van der Waals surface area contributed by atoms with Gasteiger partial charge in [0.15, 0.2) is 5.60 Å². The largest absolute Gasteiger partial charge is 0.421 e. The number of benzene rings is 1. The zero-order valence-electron chi connectivity index (χ0n) is 17.5. The van der Waals surface area contributed by atoms with Gasteiger partial charge in [0, 0.05) is 31.9 Å². The van der Waals surface area contributed by atoms with E-state index < -0.39 is 11.8 Å². The Morgan fingerprint density at radius 1 is 1.06 bits per heavy atom. The lowest BCUT2D eigenvalue weighted by Crippen LogP contribution is -2.55. The summed E-state index contributed by atoms with van der Waals surface area (Å²) in [6, 6.07) is 10.7. The molecule has 2 saturated heterocycles. The third-order valence-electron chi connectivity index (χ3n) is 6.14. The van der Waals surface area contributed by atoms with E-state index in [2.05, 4.69) is 31.6 Å². The summed E-state index contributed by atoms with van der Waals surface area (Å²) in [4.78, 5) is 4.80. The van der Waals surface area contributed by atoms with Crippen molar-refractivity contribution in [3.05, 3.63) is 47.3 Å². The first-order chi connectivity index (χ1) is 14.7. The molecule has 1 N–H and O–H groups in total. The van der Waals surface area contributed by atoms with Crippen molar-refractivity contribution < 1.29 is 18.3 Å². The zero-order chi connectivity index (χ0) is 22.1. The van der Waals surface area contributed by atoms with Crippen molar-refractivity contribution in [2.75, 3.05) is 44.2 Å². The van der Waals surface area contributed by atoms with Gasteiger partial charge in [0.2, 0.25) is 0 Å². The Bertz CT molecular complexity index is 837. The number of piperazine rings is 1. The Morgan fingerprint density at radius 2 is 1.77 bits per heavy atom. The fourth-order valence-electron chi connectivity index (χ4n) is 4.25. The minimum atomic E-state index is -4.71. The van der Waals surface area contributed by atoms with Crippen LogP contribution in [0.1, 0.15) is 25.3 Å². The van der Waals surface area contributed by atoms with Gasteiger partial charge in [-0.25, -0.2) is 4.31 Å². The fraction of sp³-hybridized carbons (Fsp3) is 0.545. The molecule has 0 spiro atoms. The molecule has 2 aliphatic heterocycles. The monoisotopic (exact) mass is 471 g/mol. The van der Waals surface area contributed by atoms with Crippen LogP contribution in [-0.4, -0.2) is 65.8 Å². The predicted molar refractivity (Wildman–Crippen MR) is 121 cm³/mol. The second-order valence-electron chi connectivity index (χ2n) is 8.38. The third-order valence-corrected chi connectivity index (χ3v) is 8.22. The molecule has 170 valence electrons. The van der Waals surface area contributed by atoms with Crippen molar-refractivity contribution in [1.29, 1.82) is 0 Å². The number of nitrogens with zero attached hydrogens (tertiary/aromatic N) is 3.